The minimum absolute atomic E-state index is 0.414. The second kappa shape index (κ2) is 4.86. The zero-order valence-corrected chi connectivity index (χ0v) is 11.1. The van der Waals surface area contributed by atoms with Gasteiger partial charge in [0.25, 0.3) is 0 Å². The fourth-order valence-electron chi connectivity index (χ4n) is 2.67. The van der Waals surface area contributed by atoms with E-state index in [0.717, 1.165) is 0 Å². The summed E-state index contributed by atoms with van der Waals surface area (Å²) in [5.74, 6) is 0. The fraction of sp³-hybridized carbons (Fsp3) is 1.00. The van der Waals surface area contributed by atoms with E-state index in [9.17, 15) is 0 Å². The Morgan fingerprint density at radius 1 is 1.13 bits per heavy atom. The molecule has 0 amide bonds. The Morgan fingerprint density at radius 3 is 2.13 bits per heavy atom. The van der Waals surface area contributed by atoms with Crippen LogP contribution in [0.25, 0.3) is 0 Å². The molecule has 1 fully saturated rings. The van der Waals surface area contributed by atoms with Crippen LogP contribution in [-0.2, 0) is 0 Å². The van der Waals surface area contributed by atoms with Gasteiger partial charge < -0.3 is 5.73 Å². The maximum atomic E-state index is 6.39. The highest BCUT2D eigenvalue weighted by molar-refractivity contribution is 4.88. The van der Waals surface area contributed by atoms with Crippen molar-refractivity contribution in [3.8, 4) is 0 Å². The Kier molecular flexibility index (Phi) is 4.22. The van der Waals surface area contributed by atoms with Crippen LogP contribution in [0.3, 0.4) is 0 Å². The molecule has 0 heterocycles. The van der Waals surface area contributed by atoms with Crippen LogP contribution in [0.15, 0.2) is 0 Å². The van der Waals surface area contributed by atoms with Gasteiger partial charge in [0.05, 0.1) is 0 Å². The summed E-state index contributed by atoms with van der Waals surface area (Å²) in [5.41, 5.74) is 7.26. The topological polar surface area (TPSA) is 26.0 Å². The summed E-state index contributed by atoms with van der Waals surface area (Å²) < 4.78 is 0. The summed E-state index contributed by atoms with van der Waals surface area (Å²) >= 11 is 0. The van der Waals surface area contributed by atoms with E-state index < -0.39 is 0 Å². The molecule has 0 radical (unpaired) electrons. The lowest BCUT2D eigenvalue weighted by molar-refractivity contribution is 0.152. The molecule has 1 aliphatic rings. The first-order valence-corrected chi connectivity index (χ1v) is 6.59. The number of nitrogens with two attached hydrogens (primary N) is 1. The summed E-state index contributed by atoms with van der Waals surface area (Å²) in [4.78, 5) is 0. The van der Waals surface area contributed by atoms with Crippen molar-refractivity contribution < 1.29 is 0 Å². The average molecular weight is 211 g/mol. The van der Waals surface area contributed by atoms with Gasteiger partial charge in [-0.1, -0.05) is 47.0 Å². The normalized spacial score (nSPS) is 23.8. The van der Waals surface area contributed by atoms with Crippen molar-refractivity contribution in [1.29, 1.82) is 0 Å². The second-order valence-corrected chi connectivity index (χ2v) is 6.92. The van der Waals surface area contributed by atoms with Crippen molar-refractivity contribution in [2.75, 3.05) is 0 Å². The largest absolute Gasteiger partial charge is 0.327 e. The van der Waals surface area contributed by atoms with E-state index in [1.165, 1.54) is 44.9 Å². The third kappa shape index (κ3) is 4.14. The Morgan fingerprint density at radius 2 is 1.67 bits per heavy atom. The predicted molar refractivity (Wildman–Crippen MR) is 67.9 cm³/mol. The standard InChI is InChI=1S/C14H29N/c1-13(2,3)11-8-12(15)14(4)9-6-5-7-10-14/h12H,5-11,15H2,1-4H3. The molecule has 0 aromatic carbocycles. The molecule has 0 aromatic heterocycles. The van der Waals surface area contributed by atoms with E-state index in [1.54, 1.807) is 0 Å². The third-order valence-corrected chi connectivity index (χ3v) is 4.10. The van der Waals surface area contributed by atoms with Crippen LogP contribution >= 0.6 is 0 Å². The maximum Gasteiger partial charge on any atom is 0.00931 e. The van der Waals surface area contributed by atoms with Crippen LogP contribution < -0.4 is 5.73 Å². The van der Waals surface area contributed by atoms with Crippen molar-refractivity contribution in [3.05, 3.63) is 0 Å². The maximum absolute atomic E-state index is 6.39. The van der Waals surface area contributed by atoms with Crippen LogP contribution in [0, 0.1) is 10.8 Å². The van der Waals surface area contributed by atoms with Crippen LogP contribution in [-0.4, -0.2) is 6.04 Å². The van der Waals surface area contributed by atoms with E-state index in [-0.39, 0.29) is 0 Å². The lowest BCUT2D eigenvalue weighted by Gasteiger charge is -2.39. The van der Waals surface area contributed by atoms with E-state index in [2.05, 4.69) is 27.7 Å². The number of hydrogen-bond donors (Lipinski definition) is 1. The molecule has 1 atom stereocenters. The van der Waals surface area contributed by atoms with Gasteiger partial charge in [-0.3, -0.25) is 0 Å². The Bertz CT molecular complexity index is 184. The lowest BCUT2D eigenvalue weighted by atomic mass is 9.69. The smallest absolute Gasteiger partial charge is 0.00931 e. The number of hydrogen-bond acceptors (Lipinski definition) is 1. The van der Waals surface area contributed by atoms with E-state index in [1.807, 2.05) is 0 Å². The van der Waals surface area contributed by atoms with Crippen LogP contribution in [0.4, 0.5) is 0 Å². The van der Waals surface area contributed by atoms with Crippen molar-refractivity contribution >= 4 is 0 Å². The van der Waals surface area contributed by atoms with Gasteiger partial charge in [-0.15, -0.1) is 0 Å². The monoisotopic (exact) mass is 211 g/mol. The first kappa shape index (κ1) is 13.0. The van der Waals surface area contributed by atoms with Gasteiger partial charge in [-0.05, 0) is 36.5 Å². The van der Waals surface area contributed by atoms with Crippen LogP contribution in [0.5, 0.6) is 0 Å². The van der Waals surface area contributed by atoms with Gasteiger partial charge in [0, 0.05) is 6.04 Å². The second-order valence-electron chi connectivity index (χ2n) is 6.92. The molecule has 0 bridgehead atoms. The summed E-state index contributed by atoms with van der Waals surface area (Å²) in [6, 6.07) is 0.414. The molecule has 1 rings (SSSR count). The van der Waals surface area contributed by atoms with Gasteiger partial charge in [-0.2, -0.15) is 0 Å². The van der Waals surface area contributed by atoms with Crippen molar-refractivity contribution in [1.82, 2.24) is 0 Å². The summed E-state index contributed by atoms with van der Waals surface area (Å²) in [7, 11) is 0. The Hall–Kier alpha value is -0.0400. The molecule has 1 aliphatic carbocycles. The van der Waals surface area contributed by atoms with Crippen molar-refractivity contribution in [3.63, 3.8) is 0 Å². The minimum Gasteiger partial charge on any atom is -0.327 e. The summed E-state index contributed by atoms with van der Waals surface area (Å²) in [6.07, 6.45) is 9.33. The van der Waals surface area contributed by atoms with Crippen molar-refractivity contribution in [2.24, 2.45) is 16.6 Å². The van der Waals surface area contributed by atoms with Crippen LogP contribution in [0.2, 0.25) is 0 Å². The zero-order valence-electron chi connectivity index (χ0n) is 11.1. The predicted octanol–water partition coefficient (Wildman–Crippen LogP) is 4.11. The van der Waals surface area contributed by atoms with Gasteiger partial charge in [-0.25, -0.2) is 0 Å². The molecule has 2 N–H and O–H groups in total. The quantitative estimate of drug-likeness (QED) is 0.747. The molecule has 90 valence electrons. The van der Waals surface area contributed by atoms with E-state index in [0.29, 0.717) is 16.9 Å². The van der Waals surface area contributed by atoms with E-state index in [4.69, 9.17) is 5.73 Å². The first-order valence-electron chi connectivity index (χ1n) is 6.59. The molecular weight excluding hydrogens is 182 g/mol. The highest BCUT2D eigenvalue weighted by Crippen LogP contribution is 2.40. The van der Waals surface area contributed by atoms with Gasteiger partial charge in [0.1, 0.15) is 0 Å². The van der Waals surface area contributed by atoms with Gasteiger partial charge in [0.15, 0.2) is 0 Å². The molecule has 1 heteroatoms. The molecular formula is C14H29N. The molecule has 1 nitrogen and oxygen atoms in total. The van der Waals surface area contributed by atoms with Crippen molar-refractivity contribution in [2.45, 2.75) is 78.7 Å². The molecule has 0 spiro atoms. The highest BCUT2D eigenvalue weighted by Gasteiger charge is 2.33. The highest BCUT2D eigenvalue weighted by atomic mass is 14.7. The fourth-order valence-corrected chi connectivity index (χ4v) is 2.67. The zero-order chi connectivity index (χ0) is 11.5. The third-order valence-electron chi connectivity index (χ3n) is 4.10. The first-order chi connectivity index (χ1) is 6.83. The molecule has 15 heavy (non-hydrogen) atoms. The number of rotatable bonds is 3. The van der Waals surface area contributed by atoms with Crippen LogP contribution in [0.1, 0.15) is 72.6 Å². The van der Waals surface area contributed by atoms with Gasteiger partial charge >= 0.3 is 0 Å². The molecule has 0 aromatic rings. The SMILES string of the molecule is CC(C)(C)CCC(N)C1(C)CCCCC1. The Labute approximate surface area is 95.8 Å². The molecule has 0 aliphatic heterocycles. The Balaban J connectivity index is 2.41. The molecule has 1 saturated carbocycles. The van der Waals surface area contributed by atoms with E-state index >= 15 is 0 Å². The summed E-state index contributed by atoms with van der Waals surface area (Å²) in [6.45, 7) is 9.33. The molecule has 0 saturated heterocycles. The van der Waals surface area contributed by atoms with Gasteiger partial charge in [0.2, 0.25) is 0 Å². The average Bonchev–Trinajstić information content (AvgIpc) is 2.14. The minimum atomic E-state index is 0.414. The summed E-state index contributed by atoms with van der Waals surface area (Å²) in [5, 5.41) is 0. The lowest BCUT2D eigenvalue weighted by Crippen LogP contribution is -2.41. The molecule has 1 unspecified atom stereocenters.